The van der Waals surface area contributed by atoms with Crippen molar-refractivity contribution in [3.63, 3.8) is 0 Å². The molecule has 172 valence electrons. The van der Waals surface area contributed by atoms with Crippen LogP contribution in [0.5, 0.6) is 0 Å². The predicted molar refractivity (Wildman–Crippen MR) is 131 cm³/mol. The topological polar surface area (TPSA) is 75.7 Å². The van der Waals surface area contributed by atoms with Gasteiger partial charge in [-0.25, -0.2) is 0 Å². The van der Waals surface area contributed by atoms with E-state index in [-0.39, 0.29) is 11.5 Å². The number of carbonyl (C=O) groups excluding carboxylic acids is 1. The Bertz CT molecular complexity index is 1390. The van der Waals surface area contributed by atoms with Gasteiger partial charge in [0.15, 0.2) is 0 Å². The Balaban J connectivity index is 1.21. The number of aromatic nitrogens is 4. The molecule has 4 heterocycles. The van der Waals surface area contributed by atoms with Crippen molar-refractivity contribution in [2.75, 3.05) is 31.1 Å². The SMILES string of the molecule is Cc1cccc(N2CCN(C(=O)CCCc3nnc4n(C)c(=O)c5sccc5n34)CC2)c1C. The normalized spacial score (nSPS) is 14.5. The Morgan fingerprint density at radius 3 is 2.67 bits per heavy atom. The summed E-state index contributed by atoms with van der Waals surface area (Å²) in [5, 5.41) is 10.5. The smallest absolute Gasteiger partial charge is 0.272 e. The monoisotopic (exact) mass is 464 g/mol. The molecule has 1 saturated heterocycles. The van der Waals surface area contributed by atoms with Crippen LogP contribution < -0.4 is 10.5 Å². The van der Waals surface area contributed by atoms with Crippen LogP contribution in [0.4, 0.5) is 5.69 Å². The molecule has 0 aliphatic carbocycles. The molecule has 0 bridgehead atoms. The van der Waals surface area contributed by atoms with Crippen LogP contribution in [0.15, 0.2) is 34.4 Å². The Morgan fingerprint density at radius 2 is 1.88 bits per heavy atom. The Kier molecular flexibility index (Phi) is 5.65. The second-order valence-corrected chi connectivity index (χ2v) is 9.61. The molecule has 1 amide bonds. The molecule has 1 aromatic carbocycles. The van der Waals surface area contributed by atoms with Gasteiger partial charge in [0.1, 0.15) is 10.5 Å². The fraction of sp³-hybridized carbons (Fsp3) is 0.417. The second kappa shape index (κ2) is 8.62. The van der Waals surface area contributed by atoms with Crippen LogP contribution in [0.25, 0.3) is 16.0 Å². The lowest BCUT2D eigenvalue weighted by atomic mass is 10.1. The highest BCUT2D eigenvalue weighted by atomic mass is 32.1. The first kappa shape index (κ1) is 21.6. The molecule has 33 heavy (non-hydrogen) atoms. The Hall–Kier alpha value is -3.20. The van der Waals surface area contributed by atoms with Crippen molar-refractivity contribution in [3.05, 3.63) is 57.0 Å². The van der Waals surface area contributed by atoms with Crippen LogP contribution in [0.2, 0.25) is 0 Å². The van der Waals surface area contributed by atoms with Gasteiger partial charge < -0.3 is 9.80 Å². The van der Waals surface area contributed by atoms with Gasteiger partial charge in [0.25, 0.3) is 5.56 Å². The number of fused-ring (bicyclic) bond motifs is 3. The molecular formula is C24H28N6O2S. The largest absolute Gasteiger partial charge is 0.368 e. The first-order chi connectivity index (χ1) is 16.0. The quantitative estimate of drug-likeness (QED) is 0.454. The molecule has 9 heteroatoms. The van der Waals surface area contributed by atoms with E-state index in [1.165, 1.54) is 32.7 Å². The van der Waals surface area contributed by atoms with Gasteiger partial charge in [0.05, 0.1) is 5.52 Å². The number of benzene rings is 1. The van der Waals surface area contributed by atoms with E-state index >= 15 is 0 Å². The van der Waals surface area contributed by atoms with Crippen LogP contribution in [0.3, 0.4) is 0 Å². The van der Waals surface area contributed by atoms with Crippen molar-refractivity contribution in [2.45, 2.75) is 33.1 Å². The third-order valence-electron chi connectivity index (χ3n) is 6.74. The molecule has 0 atom stereocenters. The third-order valence-corrected chi connectivity index (χ3v) is 7.63. The van der Waals surface area contributed by atoms with Crippen LogP contribution in [-0.2, 0) is 18.3 Å². The molecule has 0 radical (unpaired) electrons. The Labute approximate surface area is 196 Å². The summed E-state index contributed by atoms with van der Waals surface area (Å²) in [6.45, 7) is 7.51. The molecule has 0 saturated carbocycles. The minimum absolute atomic E-state index is 0.0540. The molecule has 0 unspecified atom stereocenters. The lowest BCUT2D eigenvalue weighted by Gasteiger charge is -2.37. The van der Waals surface area contributed by atoms with E-state index in [1.54, 1.807) is 7.05 Å². The number of hydrogen-bond acceptors (Lipinski definition) is 6. The number of amides is 1. The van der Waals surface area contributed by atoms with E-state index in [1.807, 2.05) is 20.7 Å². The zero-order valence-electron chi connectivity index (χ0n) is 19.2. The van der Waals surface area contributed by atoms with Crippen molar-refractivity contribution in [3.8, 4) is 0 Å². The lowest BCUT2D eigenvalue weighted by Crippen LogP contribution is -2.49. The highest BCUT2D eigenvalue weighted by molar-refractivity contribution is 7.17. The summed E-state index contributed by atoms with van der Waals surface area (Å²) in [6.07, 6.45) is 1.82. The number of nitrogens with zero attached hydrogens (tertiary/aromatic N) is 6. The van der Waals surface area contributed by atoms with Gasteiger partial charge in [-0.05, 0) is 48.9 Å². The highest BCUT2D eigenvalue weighted by Gasteiger charge is 2.22. The fourth-order valence-electron chi connectivity index (χ4n) is 4.65. The van der Waals surface area contributed by atoms with E-state index in [0.717, 1.165) is 37.5 Å². The van der Waals surface area contributed by atoms with E-state index in [9.17, 15) is 9.59 Å². The van der Waals surface area contributed by atoms with Gasteiger partial charge >= 0.3 is 0 Å². The maximum Gasteiger partial charge on any atom is 0.272 e. The minimum Gasteiger partial charge on any atom is -0.368 e. The summed E-state index contributed by atoms with van der Waals surface area (Å²) in [6, 6.07) is 8.34. The van der Waals surface area contributed by atoms with E-state index in [0.29, 0.717) is 29.7 Å². The fourth-order valence-corrected chi connectivity index (χ4v) is 5.50. The molecular weight excluding hydrogens is 436 g/mol. The Morgan fingerprint density at radius 1 is 1.09 bits per heavy atom. The number of anilines is 1. The first-order valence-electron chi connectivity index (χ1n) is 11.3. The van der Waals surface area contributed by atoms with Crippen molar-refractivity contribution in [1.29, 1.82) is 0 Å². The average Bonchev–Trinajstić information content (AvgIpc) is 3.47. The second-order valence-electron chi connectivity index (χ2n) is 8.69. The number of carbonyl (C=O) groups is 1. The van der Waals surface area contributed by atoms with Gasteiger partial charge in [-0.1, -0.05) is 12.1 Å². The summed E-state index contributed by atoms with van der Waals surface area (Å²) in [5.41, 5.74) is 4.67. The van der Waals surface area contributed by atoms with E-state index < -0.39 is 0 Å². The molecule has 4 aromatic rings. The molecule has 5 rings (SSSR count). The van der Waals surface area contributed by atoms with E-state index in [2.05, 4.69) is 47.1 Å². The maximum atomic E-state index is 12.8. The highest BCUT2D eigenvalue weighted by Crippen LogP contribution is 2.24. The van der Waals surface area contributed by atoms with Crippen molar-refractivity contribution >= 4 is 38.9 Å². The molecule has 1 aliphatic rings. The standard InChI is InChI=1S/C24H28N6O2S/c1-16-6-4-7-18(17(16)2)28-11-13-29(14-12-28)21(31)9-5-8-20-25-26-24-27(3)23(32)22-19(30(20)24)10-15-33-22/h4,6-7,10,15H,5,8-9,11-14H2,1-3H3. The van der Waals surface area contributed by atoms with Gasteiger partial charge in [-0.15, -0.1) is 21.5 Å². The van der Waals surface area contributed by atoms with Crippen LogP contribution in [0, 0.1) is 13.8 Å². The van der Waals surface area contributed by atoms with Gasteiger partial charge in [-0.2, -0.15) is 0 Å². The van der Waals surface area contributed by atoms with Crippen molar-refractivity contribution in [2.24, 2.45) is 7.05 Å². The zero-order valence-corrected chi connectivity index (χ0v) is 20.1. The average molecular weight is 465 g/mol. The number of aryl methyl sites for hydroxylation is 3. The summed E-state index contributed by atoms with van der Waals surface area (Å²) in [7, 11) is 1.72. The summed E-state index contributed by atoms with van der Waals surface area (Å²) < 4.78 is 4.18. The van der Waals surface area contributed by atoms with Crippen molar-refractivity contribution in [1.82, 2.24) is 24.1 Å². The summed E-state index contributed by atoms with van der Waals surface area (Å²) >= 11 is 1.43. The maximum absolute atomic E-state index is 12.8. The number of rotatable bonds is 5. The van der Waals surface area contributed by atoms with Crippen LogP contribution in [0.1, 0.15) is 29.8 Å². The van der Waals surface area contributed by atoms with Gasteiger partial charge in [0.2, 0.25) is 11.7 Å². The minimum atomic E-state index is -0.0540. The number of thiophene rings is 1. The van der Waals surface area contributed by atoms with E-state index in [4.69, 9.17) is 0 Å². The van der Waals surface area contributed by atoms with Gasteiger partial charge in [0, 0.05) is 51.8 Å². The molecule has 0 N–H and O–H groups in total. The summed E-state index contributed by atoms with van der Waals surface area (Å²) in [4.78, 5) is 29.7. The molecule has 8 nitrogen and oxygen atoms in total. The molecule has 0 spiro atoms. The van der Waals surface area contributed by atoms with Crippen LogP contribution in [-0.4, -0.2) is 56.2 Å². The zero-order chi connectivity index (χ0) is 23.1. The molecule has 3 aromatic heterocycles. The first-order valence-corrected chi connectivity index (χ1v) is 12.2. The number of piperazine rings is 1. The molecule has 1 aliphatic heterocycles. The lowest BCUT2D eigenvalue weighted by molar-refractivity contribution is -0.131. The predicted octanol–water partition coefficient (Wildman–Crippen LogP) is 2.93. The van der Waals surface area contributed by atoms with Gasteiger partial charge in [-0.3, -0.25) is 18.6 Å². The van der Waals surface area contributed by atoms with Crippen LogP contribution >= 0.6 is 11.3 Å². The summed E-state index contributed by atoms with van der Waals surface area (Å²) in [5.74, 6) is 1.52. The number of hydrogen-bond donors (Lipinski definition) is 0. The van der Waals surface area contributed by atoms with Crippen molar-refractivity contribution < 1.29 is 4.79 Å². The third kappa shape index (κ3) is 3.80. The molecule has 1 fully saturated rings.